The lowest BCUT2D eigenvalue weighted by Gasteiger charge is -2.26. The number of nitrogens with one attached hydrogen (secondary N) is 1. The number of carbonyl (C=O) groups excluding carboxylic acids is 1. The van der Waals surface area contributed by atoms with Gasteiger partial charge in [-0.25, -0.2) is 0 Å². The number of rotatable bonds is 9. The van der Waals surface area contributed by atoms with Crippen LogP contribution in [0.15, 0.2) is 0 Å². The van der Waals surface area contributed by atoms with Gasteiger partial charge in [-0.3, -0.25) is 4.79 Å². The molecule has 0 aromatic heterocycles. The minimum absolute atomic E-state index is 0.320. The molecule has 1 atom stereocenters. The van der Waals surface area contributed by atoms with Crippen LogP contribution in [0.3, 0.4) is 0 Å². The van der Waals surface area contributed by atoms with Gasteiger partial charge in [0.1, 0.15) is 0 Å². The van der Waals surface area contributed by atoms with Crippen LogP contribution in [-0.4, -0.2) is 49.7 Å². The summed E-state index contributed by atoms with van der Waals surface area (Å²) in [5, 5.41) is 3.49. The van der Waals surface area contributed by atoms with Gasteiger partial charge < -0.3 is 15.0 Å². The molecule has 0 radical (unpaired) electrons. The van der Waals surface area contributed by atoms with Crippen LogP contribution in [0.25, 0.3) is 0 Å². The normalized spacial score (nSPS) is 22.7. The van der Waals surface area contributed by atoms with Crippen molar-refractivity contribution >= 4 is 5.91 Å². The molecule has 0 aromatic rings. The van der Waals surface area contributed by atoms with Crippen LogP contribution in [-0.2, 0) is 9.53 Å². The molecule has 0 bridgehead atoms. The Balaban J connectivity index is 1.72. The van der Waals surface area contributed by atoms with Crippen molar-refractivity contribution in [2.75, 3.05) is 32.8 Å². The second-order valence-corrected chi connectivity index (χ2v) is 5.84. The molecule has 2 rings (SSSR count). The van der Waals surface area contributed by atoms with Gasteiger partial charge in [0.05, 0.1) is 0 Å². The predicted molar refractivity (Wildman–Crippen MR) is 76.1 cm³/mol. The van der Waals surface area contributed by atoms with Crippen LogP contribution >= 0.6 is 0 Å². The molecule has 1 saturated carbocycles. The van der Waals surface area contributed by atoms with Crippen molar-refractivity contribution in [3.05, 3.63) is 0 Å². The van der Waals surface area contributed by atoms with Gasteiger partial charge in [0.25, 0.3) is 0 Å². The van der Waals surface area contributed by atoms with Crippen LogP contribution in [0, 0.1) is 5.92 Å². The van der Waals surface area contributed by atoms with Gasteiger partial charge in [-0.2, -0.15) is 0 Å². The Kier molecular flexibility index (Phi) is 6.11. The lowest BCUT2D eigenvalue weighted by molar-refractivity contribution is -0.132. The Labute approximate surface area is 116 Å². The quantitative estimate of drug-likeness (QED) is 0.648. The van der Waals surface area contributed by atoms with Crippen LogP contribution in [0.1, 0.15) is 45.4 Å². The van der Waals surface area contributed by atoms with E-state index in [2.05, 4.69) is 10.2 Å². The van der Waals surface area contributed by atoms with Crippen LogP contribution in [0.2, 0.25) is 0 Å². The molecule has 110 valence electrons. The van der Waals surface area contributed by atoms with E-state index in [1.54, 1.807) is 0 Å². The van der Waals surface area contributed by atoms with Gasteiger partial charge in [0, 0.05) is 38.8 Å². The van der Waals surface area contributed by atoms with E-state index in [1.165, 1.54) is 25.7 Å². The lowest BCUT2D eigenvalue weighted by atomic mass is 10.2. The summed E-state index contributed by atoms with van der Waals surface area (Å²) in [5.74, 6) is 1.09. The minimum Gasteiger partial charge on any atom is -0.382 e. The Morgan fingerprint density at radius 1 is 1.32 bits per heavy atom. The molecule has 1 saturated heterocycles. The molecule has 2 aliphatic rings. The van der Waals surface area contributed by atoms with Gasteiger partial charge in [-0.05, 0) is 51.5 Å². The fourth-order valence-electron chi connectivity index (χ4n) is 2.70. The summed E-state index contributed by atoms with van der Waals surface area (Å²) in [4.78, 5) is 14.4. The van der Waals surface area contributed by atoms with E-state index in [0.29, 0.717) is 25.0 Å². The summed E-state index contributed by atoms with van der Waals surface area (Å²) in [6.07, 6.45) is 6.57. The number of carbonyl (C=O) groups is 1. The van der Waals surface area contributed by atoms with Crippen molar-refractivity contribution in [2.45, 2.75) is 51.5 Å². The van der Waals surface area contributed by atoms with Crippen molar-refractivity contribution in [1.82, 2.24) is 10.2 Å². The number of ether oxygens (including phenoxy) is 1. The Morgan fingerprint density at radius 2 is 2.16 bits per heavy atom. The molecular weight excluding hydrogens is 240 g/mol. The van der Waals surface area contributed by atoms with Crippen molar-refractivity contribution in [1.29, 1.82) is 0 Å². The highest BCUT2D eigenvalue weighted by Gasteiger charge is 2.28. The van der Waals surface area contributed by atoms with Crippen molar-refractivity contribution in [2.24, 2.45) is 5.92 Å². The monoisotopic (exact) mass is 268 g/mol. The average molecular weight is 268 g/mol. The summed E-state index contributed by atoms with van der Waals surface area (Å²) in [6, 6.07) is 0.523. The minimum atomic E-state index is 0.320. The Hall–Kier alpha value is -0.610. The van der Waals surface area contributed by atoms with Crippen LogP contribution in [0.5, 0.6) is 0 Å². The van der Waals surface area contributed by atoms with Gasteiger partial charge in [-0.15, -0.1) is 0 Å². The van der Waals surface area contributed by atoms with E-state index >= 15 is 0 Å². The summed E-state index contributed by atoms with van der Waals surface area (Å²) in [6.45, 7) is 6.44. The largest absolute Gasteiger partial charge is 0.382 e. The molecule has 1 amide bonds. The fraction of sp³-hybridized carbons (Fsp3) is 0.933. The third-order valence-corrected chi connectivity index (χ3v) is 4.01. The van der Waals surface area contributed by atoms with E-state index in [9.17, 15) is 4.79 Å². The zero-order chi connectivity index (χ0) is 13.5. The molecule has 1 unspecified atom stereocenters. The molecule has 1 N–H and O–H groups in total. The van der Waals surface area contributed by atoms with E-state index in [0.717, 1.165) is 38.6 Å². The number of hydrogen-bond donors (Lipinski definition) is 1. The number of nitrogens with zero attached hydrogens (tertiary/aromatic N) is 1. The Bertz CT molecular complexity index is 273. The zero-order valence-corrected chi connectivity index (χ0v) is 12.2. The lowest BCUT2D eigenvalue weighted by Crippen LogP contribution is -2.42. The smallest absolute Gasteiger partial charge is 0.222 e. The maximum Gasteiger partial charge on any atom is 0.222 e. The SMILES string of the molecule is CCOCCCC(=O)N(CC1CC1)CC1CCCN1. The summed E-state index contributed by atoms with van der Waals surface area (Å²) < 4.78 is 5.31. The van der Waals surface area contributed by atoms with Crippen molar-refractivity contribution in [3.63, 3.8) is 0 Å². The van der Waals surface area contributed by atoms with E-state index < -0.39 is 0 Å². The topological polar surface area (TPSA) is 41.6 Å². The first-order valence-corrected chi connectivity index (χ1v) is 7.88. The molecule has 4 heteroatoms. The number of amides is 1. The molecule has 1 aliphatic carbocycles. The standard InChI is InChI=1S/C15H28N2O2/c1-2-19-10-4-6-15(18)17(11-13-7-8-13)12-14-5-3-9-16-14/h13-14,16H,2-12H2,1H3. The zero-order valence-electron chi connectivity index (χ0n) is 12.2. The molecule has 2 fully saturated rings. The molecule has 0 spiro atoms. The van der Waals surface area contributed by atoms with Gasteiger partial charge in [0.2, 0.25) is 5.91 Å². The van der Waals surface area contributed by atoms with E-state index in [1.807, 2.05) is 6.92 Å². The maximum absolute atomic E-state index is 12.3. The fourth-order valence-corrected chi connectivity index (χ4v) is 2.70. The second-order valence-electron chi connectivity index (χ2n) is 5.84. The highest BCUT2D eigenvalue weighted by molar-refractivity contribution is 5.76. The third kappa shape index (κ3) is 5.49. The van der Waals surface area contributed by atoms with Gasteiger partial charge in [-0.1, -0.05) is 0 Å². The van der Waals surface area contributed by atoms with Gasteiger partial charge >= 0.3 is 0 Å². The molecule has 1 aliphatic heterocycles. The first kappa shape index (κ1) is 14.8. The highest BCUT2D eigenvalue weighted by atomic mass is 16.5. The maximum atomic E-state index is 12.3. The van der Waals surface area contributed by atoms with Crippen molar-refractivity contribution in [3.8, 4) is 0 Å². The summed E-state index contributed by atoms with van der Waals surface area (Å²) in [7, 11) is 0. The highest BCUT2D eigenvalue weighted by Crippen LogP contribution is 2.30. The Morgan fingerprint density at radius 3 is 2.79 bits per heavy atom. The average Bonchev–Trinajstić information content (AvgIpc) is 3.07. The molecule has 4 nitrogen and oxygen atoms in total. The first-order chi connectivity index (χ1) is 9.29. The molecule has 1 heterocycles. The molecule has 19 heavy (non-hydrogen) atoms. The molecular formula is C15H28N2O2. The van der Waals surface area contributed by atoms with Crippen LogP contribution in [0.4, 0.5) is 0 Å². The van der Waals surface area contributed by atoms with E-state index in [-0.39, 0.29) is 0 Å². The van der Waals surface area contributed by atoms with E-state index in [4.69, 9.17) is 4.74 Å². The van der Waals surface area contributed by atoms with Gasteiger partial charge in [0.15, 0.2) is 0 Å². The summed E-state index contributed by atoms with van der Waals surface area (Å²) in [5.41, 5.74) is 0. The molecule has 0 aromatic carbocycles. The predicted octanol–water partition coefficient (Wildman–Crippen LogP) is 1.79. The van der Waals surface area contributed by atoms with Crippen molar-refractivity contribution < 1.29 is 9.53 Å². The number of hydrogen-bond acceptors (Lipinski definition) is 3. The third-order valence-electron chi connectivity index (χ3n) is 4.01. The van der Waals surface area contributed by atoms with Crippen LogP contribution < -0.4 is 5.32 Å². The summed E-state index contributed by atoms with van der Waals surface area (Å²) >= 11 is 0. The first-order valence-electron chi connectivity index (χ1n) is 7.88. The second kappa shape index (κ2) is 7.85.